The number of aliphatic carboxylic acids is 1. The van der Waals surface area contributed by atoms with E-state index in [0.717, 1.165) is 49.3 Å². The predicted molar refractivity (Wildman–Crippen MR) is 134 cm³/mol. The number of aryl methyl sites for hydroxylation is 1. The van der Waals surface area contributed by atoms with Crippen LogP contribution in [0, 0.1) is 11.7 Å². The molecular formula is C28H38FN3O4. The fourth-order valence-corrected chi connectivity index (χ4v) is 5.61. The molecule has 1 saturated heterocycles. The smallest absolute Gasteiger partial charge is 0.303 e. The van der Waals surface area contributed by atoms with Crippen LogP contribution in [-0.4, -0.2) is 40.0 Å². The van der Waals surface area contributed by atoms with Crippen molar-refractivity contribution >= 4 is 11.9 Å². The first-order valence-corrected chi connectivity index (χ1v) is 13.5. The maximum Gasteiger partial charge on any atom is 0.303 e. The van der Waals surface area contributed by atoms with E-state index in [9.17, 15) is 14.0 Å². The van der Waals surface area contributed by atoms with E-state index in [-0.39, 0.29) is 29.9 Å². The van der Waals surface area contributed by atoms with Gasteiger partial charge in [-0.15, -0.1) is 0 Å². The largest absolute Gasteiger partial charge is 0.481 e. The summed E-state index contributed by atoms with van der Waals surface area (Å²) in [7, 11) is 0. The summed E-state index contributed by atoms with van der Waals surface area (Å²) in [5, 5.41) is 12.0. The SMILES string of the molecule is O=C(O)CCc1ccc(F)cc1CN1CCCC1c1nc(C(=O)NCCCCC2CCCCC2)co1. The molecular weight excluding hydrogens is 461 g/mol. The van der Waals surface area contributed by atoms with Crippen molar-refractivity contribution in [3.05, 3.63) is 53.0 Å². The Morgan fingerprint density at radius 1 is 1.11 bits per heavy atom. The van der Waals surface area contributed by atoms with E-state index in [1.807, 2.05) is 0 Å². The molecule has 0 bridgehead atoms. The molecule has 1 unspecified atom stereocenters. The summed E-state index contributed by atoms with van der Waals surface area (Å²) in [4.78, 5) is 30.2. The average Bonchev–Trinajstić information content (AvgIpc) is 3.53. The van der Waals surface area contributed by atoms with Gasteiger partial charge in [-0.25, -0.2) is 9.37 Å². The lowest BCUT2D eigenvalue weighted by molar-refractivity contribution is -0.136. The number of carbonyl (C=O) groups is 2. The normalized spacial score (nSPS) is 19.0. The lowest BCUT2D eigenvalue weighted by Crippen LogP contribution is -2.26. The first-order valence-electron chi connectivity index (χ1n) is 13.5. The Kier molecular flexibility index (Phi) is 9.50. The molecule has 1 atom stereocenters. The van der Waals surface area contributed by atoms with Gasteiger partial charge in [-0.2, -0.15) is 0 Å². The van der Waals surface area contributed by atoms with E-state index in [1.54, 1.807) is 6.07 Å². The van der Waals surface area contributed by atoms with Crippen LogP contribution < -0.4 is 5.32 Å². The molecule has 0 radical (unpaired) electrons. The van der Waals surface area contributed by atoms with E-state index in [0.29, 0.717) is 25.4 Å². The van der Waals surface area contributed by atoms with Crippen molar-refractivity contribution < 1.29 is 23.5 Å². The van der Waals surface area contributed by atoms with Crippen LogP contribution in [0.15, 0.2) is 28.9 Å². The maximum absolute atomic E-state index is 14.0. The first kappa shape index (κ1) is 26.3. The number of carboxylic acids is 1. The summed E-state index contributed by atoms with van der Waals surface area (Å²) in [6.07, 6.45) is 13.7. The van der Waals surface area contributed by atoms with Crippen LogP contribution in [0.5, 0.6) is 0 Å². The number of rotatable bonds is 12. The van der Waals surface area contributed by atoms with Gasteiger partial charge in [0.05, 0.1) is 6.04 Å². The van der Waals surface area contributed by atoms with Gasteiger partial charge < -0.3 is 14.8 Å². The molecule has 196 valence electrons. The fourth-order valence-electron chi connectivity index (χ4n) is 5.61. The van der Waals surface area contributed by atoms with Crippen LogP contribution in [0.3, 0.4) is 0 Å². The summed E-state index contributed by atoms with van der Waals surface area (Å²) in [5.74, 6) is -0.0675. The number of likely N-dealkylation sites (tertiary alicyclic amines) is 1. The maximum atomic E-state index is 14.0. The molecule has 2 aromatic rings. The van der Waals surface area contributed by atoms with Gasteiger partial charge in [-0.1, -0.05) is 51.0 Å². The Balaban J connectivity index is 1.29. The number of nitrogens with one attached hydrogen (secondary N) is 1. The molecule has 2 heterocycles. The van der Waals surface area contributed by atoms with Gasteiger partial charge in [0.2, 0.25) is 5.89 Å². The minimum atomic E-state index is -0.876. The molecule has 1 saturated carbocycles. The van der Waals surface area contributed by atoms with E-state index < -0.39 is 5.97 Å². The van der Waals surface area contributed by atoms with Crippen molar-refractivity contribution in [2.75, 3.05) is 13.1 Å². The lowest BCUT2D eigenvalue weighted by Gasteiger charge is -2.23. The minimum Gasteiger partial charge on any atom is -0.481 e. The molecule has 2 N–H and O–H groups in total. The minimum absolute atomic E-state index is 0.000847. The number of hydrogen-bond acceptors (Lipinski definition) is 5. The monoisotopic (exact) mass is 499 g/mol. The van der Waals surface area contributed by atoms with Crippen LogP contribution in [0.2, 0.25) is 0 Å². The number of halogens is 1. The highest BCUT2D eigenvalue weighted by Crippen LogP contribution is 2.33. The summed E-state index contributed by atoms with van der Waals surface area (Å²) in [5.41, 5.74) is 1.90. The molecule has 1 aliphatic heterocycles. The van der Waals surface area contributed by atoms with Crippen LogP contribution >= 0.6 is 0 Å². The molecule has 1 aromatic carbocycles. The first-order chi connectivity index (χ1) is 17.5. The highest BCUT2D eigenvalue weighted by molar-refractivity contribution is 5.91. The fraction of sp³-hybridized carbons (Fsp3) is 0.607. The number of nitrogens with zero attached hydrogens (tertiary/aromatic N) is 2. The molecule has 2 fully saturated rings. The predicted octanol–water partition coefficient (Wildman–Crippen LogP) is 5.65. The number of amides is 1. The molecule has 2 aliphatic rings. The van der Waals surface area contributed by atoms with Gasteiger partial charge in [0.15, 0.2) is 5.69 Å². The van der Waals surface area contributed by atoms with Crippen molar-refractivity contribution in [2.24, 2.45) is 5.92 Å². The molecule has 1 aromatic heterocycles. The number of carbonyl (C=O) groups excluding carboxylic acids is 1. The summed E-state index contributed by atoms with van der Waals surface area (Å²) >= 11 is 0. The molecule has 36 heavy (non-hydrogen) atoms. The van der Waals surface area contributed by atoms with Gasteiger partial charge >= 0.3 is 5.97 Å². The molecule has 1 amide bonds. The topological polar surface area (TPSA) is 95.7 Å². The lowest BCUT2D eigenvalue weighted by atomic mass is 9.86. The number of oxazole rings is 1. The van der Waals surface area contributed by atoms with Crippen LogP contribution in [-0.2, 0) is 17.8 Å². The number of unbranched alkanes of at least 4 members (excludes halogenated alkanes) is 1. The van der Waals surface area contributed by atoms with E-state index in [4.69, 9.17) is 9.52 Å². The zero-order valence-electron chi connectivity index (χ0n) is 21.0. The highest BCUT2D eigenvalue weighted by Gasteiger charge is 2.31. The van der Waals surface area contributed by atoms with Crippen LogP contribution in [0.25, 0.3) is 0 Å². The summed E-state index contributed by atoms with van der Waals surface area (Å²) < 4.78 is 19.7. The van der Waals surface area contributed by atoms with Gasteiger partial charge in [0.25, 0.3) is 5.91 Å². The second-order valence-electron chi connectivity index (χ2n) is 10.3. The Morgan fingerprint density at radius 3 is 2.75 bits per heavy atom. The van der Waals surface area contributed by atoms with Gasteiger partial charge in [-0.3, -0.25) is 14.5 Å². The van der Waals surface area contributed by atoms with Crippen molar-refractivity contribution in [1.82, 2.24) is 15.2 Å². The molecule has 7 nitrogen and oxygen atoms in total. The quantitative estimate of drug-likeness (QED) is 0.367. The number of carboxylic acid groups (broad SMARTS) is 1. The van der Waals surface area contributed by atoms with E-state index in [2.05, 4.69) is 15.2 Å². The van der Waals surface area contributed by atoms with Gasteiger partial charge in [0.1, 0.15) is 12.1 Å². The highest BCUT2D eigenvalue weighted by atomic mass is 19.1. The van der Waals surface area contributed by atoms with Crippen molar-refractivity contribution in [3.63, 3.8) is 0 Å². The molecule has 1 aliphatic carbocycles. The third-order valence-electron chi connectivity index (χ3n) is 7.60. The Hall–Kier alpha value is -2.74. The van der Waals surface area contributed by atoms with E-state index >= 15 is 0 Å². The van der Waals surface area contributed by atoms with Crippen molar-refractivity contribution in [2.45, 2.75) is 89.6 Å². The Morgan fingerprint density at radius 2 is 1.94 bits per heavy atom. The zero-order chi connectivity index (χ0) is 25.3. The van der Waals surface area contributed by atoms with Crippen LogP contribution in [0.1, 0.15) is 104 Å². The Bertz CT molecular complexity index is 1020. The number of benzene rings is 1. The molecule has 4 rings (SSSR count). The van der Waals surface area contributed by atoms with Gasteiger partial charge in [-0.05, 0) is 61.4 Å². The van der Waals surface area contributed by atoms with Crippen molar-refractivity contribution in [1.29, 1.82) is 0 Å². The third kappa shape index (κ3) is 7.38. The average molecular weight is 500 g/mol. The van der Waals surface area contributed by atoms with Crippen molar-refractivity contribution in [3.8, 4) is 0 Å². The molecule has 8 heteroatoms. The summed E-state index contributed by atoms with van der Waals surface area (Å²) in [6, 6.07) is 4.42. The number of aromatic nitrogens is 1. The molecule has 0 spiro atoms. The standard InChI is InChI=1S/C28H38FN3O4/c29-23-13-11-21(12-14-26(33)34)22(17-23)18-32-16-6-10-25(32)28-31-24(19-36-28)27(35)30-15-5-4-9-20-7-2-1-3-8-20/h11,13,17,19-20,25H,1-10,12,14-16,18H2,(H,30,35)(H,33,34). The second kappa shape index (κ2) is 13.0. The van der Waals surface area contributed by atoms with Gasteiger partial charge in [0, 0.05) is 19.5 Å². The number of hydrogen-bond donors (Lipinski definition) is 2. The zero-order valence-corrected chi connectivity index (χ0v) is 21.0. The third-order valence-corrected chi connectivity index (χ3v) is 7.60. The Labute approximate surface area is 212 Å². The summed E-state index contributed by atoms with van der Waals surface area (Å²) in [6.45, 7) is 1.91. The van der Waals surface area contributed by atoms with E-state index in [1.165, 1.54) is 56.9 Å². The van der Waals surface area contributed by atoms with Crippen LogP contribution in [0.4, 0.5) is 4.39 Å². The second-order valence-corrected chi connectivity index (χ2v) is 10.3.